The Kier molecular flexibility index (Phi) is 9.15. The van der Waals surface area contributed by atoms with Crippen LogP contribution in [0.5, 0.6) is 0 Å². The lowest BCUT2D eigenvalue weighted by atomic mass is 10.0. The average Bonchev–Trinajstić information content (AvgIpc) is 2.75. The summed E-state index contributed by atoms with van der Waals surface area (Å²) in [6.45, 7) is 11.2. The summed E-state index contributed by atoms with van der Waals surface area (Å²) in [7, 11) is 0. The van der Waals surface area contributed by atoms with Crippen molar-refractivity contribution in [1.29, 1.82) is 0 Å². The van der Waals surface area contributed by atoms with Crippen molar-refractivity contribution in [2.75, 3.05) is 45.8 Å². The number of non-ortho nitro benzene ring substituents is 1. The molecule has 10 heteroatoms. The number of nitro benzene ring substituents is 1. The van der Waals surface area contributed by atoms with Gasteiger partial charge in [0, 0.05) is 50.9 Å². The van der Waals surface area contributed by atoms with Crippen LogP contribution < -0.4 is 0 Å². The lowest BCUT2D eigenvalue weighted by Crippen LogP contribution is -2.52. The zero-order chi connectivity index (χ0) is 22.1. The summed E-state index contributed by atoms with van der Waals surface area (Å²) in [5.74, 6) is -3.65. The monoisotopic (exact) mass is 422 g/mol. The van der Waals surface area contributed by atoms with Crippen LogP contribution in [0.25, 0.3) is 0 Å². The van der Waals surface area contributed by atoms with Crippen molar-refractivity contribution < 1.29 is 24.7 Å². The molecule has 0 saturated carbocycles. The van der Waals surface area contributed by atoms with Gasteiger partial charge >= 0.3 is 11.9 Å². The molecule has 2 N–H and O–H groups in total. The van der Waals surface area contributed by atoms with E-state index in [-0.39, 0.29) is 10.6 Å². The molecule has 1 aromatic carbocycles. The molecule has 0 bridgehead atoms. The number of likely N-dealkylation sites (N-methyl/N-ethyl adjacent to an activating group) is 1. The summed E-state index contributed by atoms with van der Waals surface area (Å²) in [5, 5.41) is 25.7. The normalized spacial score (nSPS) is 19.0. The first-order chi connectivity index (χ1) is 14.3. The molecular weight excluding hydrogens is 392 g/mol. The number of likely N-dealkylation sites (tertiary alicyclic amines) is 1. The van der Waals surface area contributed by atoms with E-state index in [0.29, 0.717) is 6.04 Å². The molecule has 2 fully saturated rings. The second-order valence-corrected chi connectivity index (χ2v) is 7.51. The molecule has 0 unspecified atom stereocenters. The van der Waals surface area contributed by atoms with Crippen LogP contribution in [0.3, 0.4) is 0 Å². The fourth-order valence-electron chi connectivity index (χ4n) is 3.91. The third kappa shape index (κ3) is 7.36. The highest BCUT2D eigenvalue weighted by Gasteiger charge is 2.27. The van der Waals surface area contributed by atoms with Crippen molar-refractivity contribution in [2.24, 2.45) is 0 Å². The standard InChI is InChI=1S/C18H28N4O2.C2H2O4/c1-2-19-10-12-21(13-11-19)17-6-8-20(9-7-17)15-16-4-3-5-18(14-16)22(23)24;3-1(4)2(5)6/h3-5,14,17H,2,6-13,15H2,1H3;(H,3,4)(H,5,6). The molecule has 10 nitrogen and oxygen atoms in total. The van der Waals surface area contributed by atoms with Crippen LogP contribution in [0.1, 0.15) is 25.3 Å². The van der Waals surface area contributed by atoms with Gasteiger partial charge in [-0.05, 0) is 38.0 Å². The smallest absolute Gasteiger partial charge is 0.414 e. The van der Waals surface area contributed by atoms with Crippen LogP contribution in [0.15, 0.2) is 24.3 Å². The van der Waals surface area contributed by atoms with E-state index in [9.17, 15) is 10.1 Å². The van der Waals surface area contributed by atoms with Crippen molar-refractivity contribution in [3.05, 3.63) is 39.9 Å². The van der Waals surface area contributed by atoms with Gasteiger partial charge in [0.05, 0.1) is 4.92 Å². The molecule has 0 radical (unpaired) electrons. The Bertz CT molecular complexity index is 716. The number of carbonyl (C=O) groups is 2. The van der Waals surface area contributed by atoms with E-state index in [0.717, 1.165) is 31.7 Å². The highest BCUT2D eigenvalue weighted by Crippen LogP contribution is 2.21. The molecule has 0 atom stereocenters. The van der Waals surface area contributed by atoms with Crippen LogP contribution in [0.4, 0.5) is 5.69 Å². The maximum Gasteiger partial charge on any atom is 0.414 e. The minimum absolute atomic E-state index is 0.191. The van der Waals surface area contributed by atoms with Gasteiger partial charge in [0.15, 0.2) is 0 Å². The molecule has 2 aliphatic rings. The van der Waals surface area contributed by atoms with Gasteiger partial charge in [0.1, 0.15) is 0 Å². The van der Waals surface area contributed by atoms with Crippen molar-refractivity contribution >= 4 is 17.6 Å². The second kappa shape index (κ2) is 11.6. The molecule has 2 heterocycles. The third-order valence-corrected chi connectivity index (χ3v) is 5.64. The molecule has 166 valence electrons. The van der Waals surface area contributed by atoms with E-state index in [1.165, 1.54) is 39.0 Å². The highest BCUT2D eigenvalue weighted by molar-refractivity contribution is 6.27. The van der Waals surface area contributed by atoms with E-state index in [1.807, 2.05) is 6.07 Å². The molecule has 0 amide bonds. The second-order valence-electron chi connectivity index (χ2n) is 7.51. The third-order valence-electron chi connectivity index (χ3n) is 5.64. The van der Waals surface area contributed by atoms with Gasteiger partial charge in [-0.1, -0.05) is 19.1 Å². The fraction of sp³-hybridized carbons (Fsp3) is 0.600. The fourth-order valence-corrected chi connectivity index (χ4v) is 3.91. The summed E-state index contributed by atoms with van der Waals surface area (Å²) in [6.07, 6.45) is 2.42. The first kappa shape index (κ1) is 23.7. The van der Waals surface area contributed by atoms with Crippen molar-refractivity contribution in [2.45, 2.75) is 32.4 Å². The summed E-state index contributed by atoms with van der Waals surface area (Å²) in [5.41, 5.74) is 1.23. The number of hydrogen-bond acceptors (Lipinski definition) is 7. The van der Waals surface area contributed by atoms with Crippen molar-refractivity contribution in [3.8, 4) is 0 Å². The molecular formula is C20H30N4O6. The average molecular weight is 422 g/mol. The Labute approximate surface area is 175 Å². The first-order valence-corrected chi connectivity index (χ1v) is 10.2. The van der Waals surface area contributed by atoms with Gasteiger partial charge in [-0.25, -0.2) is 9.59 Å². The number of nitro groups is 1. The number of rotatable bonds is 5. The van der Waals surface area contributed by atoms with Gasteiger partial charge < -0.3 is 15.1 Å². The lowest BCUT2D eigenvalue weighted by Gasteiger charge is -2.42. The Morgan fingerprint density at radius 3 is 2.13 bits per heavy atom. The van der Waals surface area contributed by atoms with Crippen molar-refractivity contribution in [3.63, 3.8) is 0 Å². The summed E-state index contributed by atoms with van der Waals surface area (Å²) >= 11 is 0. The molecule has 1 aromatic rings. The largest absolute Gasteiger partial charge is 0.473 e. The van der Waals surface area contributed by atoms with Gasteiger partial charge in [-0.15, -0.1) is 0 Å². The maximum absolute atomic E-state index is 10.9. The minimum atomic E-state index is -1.82. The van der Waals surface area contributed by atoms with Crippen LogP contribution in [0.2, 0.25) is 0 Å². The number of hydrogen-bond donors (Lipinski definition) is 2. The Morgan fingerprint density at radius 2 is 1.63 bits per heavy atom. The Balaban J connectivity index is 0.000000469. The SMILES string of the molecule is CCN1CCN(C2CCN(Cc3cccc([N+](=O)[O-])c3)CC2)CC1.O=C(O)C(=O)O. The van der Waals surface area contributed by atoms with Gasteiger partial charge in [-0.3, -0.25) is 19.9 Å². The number of piperidine rings is 1. The molecule has 30 heavy (non-hydrogen) atoms. The number of piperazine rings is 1. The zero-order valence-corrected chi connectivity index (χ0v) is 17.3. The van der Waals surface area contributed by atoms with Crippen molar-refractivity contribution in [1.82, 2.24) is 14.7 Å². The number of benzene rings is 1. The van der Waals surface area contributed by atoms with E-state index in [1.54, 1.807) is 18.2 Å². The first-order valence-electron chi connectivity index (χ1n) is 10.2. The molecule has 0 aliphatic carbocycles. The van der Waals surface area contributed by atoms with Crippen LogP contribution >= 0.6 is 0 Å². The molecule has 0 spiro atoms. The summed E-state index contributed by atoms with van der Waals surface area (Å²) < 4.78 is 0. The highest BCUT2D eigenvalue weighted by atomic mass is 16.6. The van der Waals surface area contributed by atoms with Gasteiger partial charge in [-0.2, -0.15) is 0 Å². The summed E-state index contributed by atoms with van der Waals surface area (Å²) in [6, 6.07) is 7.75. The van der Waals surface area contributed by atoms with Gasteiger partial charge in [0.2, 0.25) is 0 Å². The van der Waals surface area contributed by atoms with E-state index < -0.39 is 11.9 Å². The minimum Gasteiger partial charge on any atom is -0.473 e. The predicted octanol–water partition coefficient (Wildman–Crippen LogP) is 1.35. The van der Waals surface area contributed by atoms with Crippen LogP contribution in [-0.4, -0.2) is 93.6 Å². The molecule has 2 saturated heterocycles. The quantitative estimate of drug-likeness (QED) is 0.410. The number of carboxylic acid groups (broad SMARTS) is 2. The van der Waals surface area contributed by atoms with E-state index in [4.69, 9.17) is 19.8 Å². The van der Waals surface area contributed by atoms with E-state index >= 15 is 0 Å². The predicted molar refractivity (Wildman–Crippen MR) is 110 cm³/mol. The number of carboxylic acids is 2. The van der Waals surface area contributed by atoms with Crippen LogP contribution in [-0.2, 0) is 16.1 Å². The Hall–Kier alpha value is -2.56. The molecule has 2 aliphatic heterocycles. The molecule has 0 aromatic heterocycles. The molecule has 3 rings (SSSR count). The number of nitrogens with zero attached hydrogens (tertiary/aromatic N) is 4. The van der Waals surface area contributed by atoms with Gasteiger partial charge in [0.25, 0.3) is 5.69 Å². The van der Waals surface area contributed by atoms with Crippen LogP contribution in [0, 0.1) is 10.1 Å². The van der Waals surface area contributed by atoms with E-state index in [2.05, 4.69) is 21.6 Å². The zero-order valence-electron chi connectivity index (χ0n) is 17.3. The maximum atomic E-state index is 10.9. The summed E-state index contributed by atoms with van der Waals surface area (Å²) in [4.78, 5) is 36.4. The Morgan fingerprint density at radius 1 is 1.03 bits per heavy atom. The lowest BCUT2D eigenvalue weighted by molar-refractivity contribution is -0.384. The topological polar surface area (TPSA) is 127 Å². The number of aliphatic carboxylic acids is 2.